The number of carboxylic acids is 1. The van der Waals surface area contributed by atoms with Crippen LogP contribution in [0.25, 0.3) is 0 Å². The Morgan fingerprint density at radius 2 is 2.50 bits per heavy atom. The van der Waals surface area contributed by atoms with Crippen molar-refractivity contribution in [3.8, 4) is 6.07 Å². The summed E-state index contributed by atoms with van der Waals surface area (Å²) in [5, 5.41) is 24.5. The summed E-state index contributed by atoms with van der Waals surface area (Å²) < 4.78 is 0. The van der Waals surface area contributed by atoms with Crippen molar-refractivity contribution in [2.24, 2.45) is 4.99 Å². The van der Waals surface area contributed by atoms with Gasteiger partial charge in [-0.3, -0.25) is 4.99 Å². The number of hydrogen-bond acceptors (Lipinski definition) is 4. The Bertz CT molecular complexity index is 182. The number of carboxylic acid groups (broad SMARTS) is 1. The van der Waals surface area contributed by atoms with E-state index in [0.29, 0.717) is 6.21 Å². The van der Waals surface area contributed by atoms with E-state index >= 15 is 0 Å². The predicted molar refractivity (Wildman–Crippen MR) is 32.6 cm³/mol. The molecule has 0 aromatic carbocycles. The lowest BCUT2D eigenvalue weighted by atomic mass is 10.4. The Balaban J connectivity index is 3.56. The van der Waals surface area contributed by atoms with Gasteiger partial charge in [-0.15, -0.1) is 0 Å². The minimum atomic E-state index is -1.21. The predicted octanol–water partition coefficient (Wildman–Crippen LogP) is -0.974. The molecule has 0 heterocycles. The molecule has 2 N–H and O–H groups in total. The normalized spacial score (nSPS) is 12.8. The third-order valence-corrected chi connectivity index (χ3v) is 0.629. The van der Waals surface area contributed by atoms with Gasteiger partial charge in [0.2, 0.25) is 0 Å². The molecule has 0 radical (unpaired) electrons. The molecule has 1 unspecified atom stereocenters. The fourth-order valence-electron chi connectivity index (χ4n) is 0.271. The fraction of sp³-hybridized carbons (Fsp3) is 0.400. The smallest absolute Gasteiger partial charge is 0.346 e. The van der Waals surface area contributed by atoms with Crippen LogP contribution >= 0.6 is 0 Å². The molecule has 0 spiro atoms. The molecule has 0 aliphatic carbocycles. The maximum atomic E-state index is 9.76. The maximum absolute atomic E-state index is 9.76. The molecular formula is C5H6N2O3. The number of nitriles is 1. The number of aliphatic hydroxyl groups is 1. The molecule has 0 fully saturated rings. The van der Waals surface area contributed by atoms with E-state index in [4.69, 9.17) is 15.5 Å². The highest BCUT2D eigenvalue weighted by molar-refractivity contribution is 6.21. The molecule has 0 aromatic heterocycles. The largest absolute Gasteiger partial charge is 0.477 e. The lowest BCUT2D eigenvalue weighted by molar-refractivity contribution is -0.128. The van der Waals surface area contributed by atoms with Gasteiger partial charge in [0.15, 0.2) is 6.10 Å². The molecular weight excluding hydrogens is 136 g/mol. The summed E-state index contributed by atoms with van der Waals surface area (Å²) in [5.41, 5.74) is 0. The van der Waals surface area contributed by atoms with Crippen molar-refractivity contribution in [3.05, 3.63) is 0 Å². The molecule has 0 saturated carbocycles. The standard InChI is InChI=1S/C5H6N2O3/c6-1-4(8)2-7-3-5(9)10/h3-4,8H,2H2,(H,9,10). The highest BCUT2D eigenvalue weighted by atomic mass is 16.4. The zero-order valence-electron chi connectivity index (χ0n) is 5.06. The molecule has 0 bridgehead atoms. The molecule has 54 valence electrons. The van der Waals surface area contributed by atoms with Crippen molar-refractivity contribution < 1.29 is 15.0 Å². The highest BCUT2D eigenvalue weighted by Crippen LogP contribution is 1.78. The second kappa shape index (κ2) is 4.47. The highest BCUT2D eigenvalue weighted by Gasteiger charge is 1.96. The van der Waals surface area contributed by atoms with Crippen LogP contribution < -0.4 is 0 Å². The molecule has 0 aliphatic heterocycles. The van der Waals surface area contributed by atoms with E-state index in [2.05, 4.69) is 4.99 Å². The number of nitrogens with zero attached hydrogens (tertiary/aromatic N) is 2. The van der Waals surface area contributed by atoms with Crippen LogP contribution in [0.4, 0.5) is 0 Å². The van der Waals surface area contributed by atoms with Gasteiger partial charge in [-0.1, -0.05) is 0 Å². The first-order chi connectivity index (χ1) is 4.66. The van der Waals surface area contributed by atoms with Gasteiger partial charge in [0.1, 0.15) is 6.21 Å². The second-order valence-electron chi connectivity index (χ2n) is 1.48. The van der Waals surface area contributed by atoms with Gasteiger partial charge in [-0.2, -0.15) is 5.26 Å². The van der Waals surface area contributed by atoms with E-state index in [9.17, 15) is 4.79 Å². The Kier molecular flexibility index (Phi) is 3.84. The Labute approximate surface area is 57.2 Å². The Morgan fingerprint density at radius 1 is 1.90 bits per heavy atom. The summed E-state index contributed by atoms with van der Waals surface area (Å²) >= 11 is 0. The monoisotopic (exact) mass is 142 g/mol. The van der Waals surface area contributed by atoms with Crippen LogP contribution in [0.1, 0.15) is 0 Å². The van der Waals surface area contributed by atoms with E-state index in [1.807, 2.05) is 0 Å². The Morgan fingerprint density at radius 3 is 2.90 bits per heavy atom. The molecule has 0 amide bonds. The van der Waals surface area contributed by atoms with Crippen molar-refractivity contribution in [3.63, 3.8) is 0 Å². The summed E-state index contributed by atoms with van der Waals surface area (Å²) in [6.45, 7) is -0.192. The van der Waals surface area contributed by atoms with Crippen LogP contribution in [-0.2, 0) is 4.79 Å². The quantitative estimate of drug-likeness (QED) is 0.391. The minimum Gasteiger partial charge on any atom is -0.477 e. The van der Waals surface area contributed by atoms with E-state index in [1.165, 1.54) is 6.07 Å². The van der Waals surface area contributed by atoms with Crippen LogP contribution in [0, 0.1) is 11.3 Å². The first-order valence-corrected chi connectivity index (χ1v) is 2.47. The van der Waals surface area contributed by atoms with Gasteiger partial charge < -0.3 is 10.2 Å². The molecule has 0 aromatic rings. The fourth-order valence-corrected chi connectivity index (χ4v) is 0.271. The SMILES string of the molecule is N#CC(O)CN=CC(=O)O. The zero-order valence-corrected chi connectivity index (χ0v) is 5.06. The number of aliphatic imine (C=N–C) groups is 1. The van der Waals surface area contributed by atoms with Gasteiger partial charge in [-0.05, 0) is 0 Å². The van der Waals surface area contributed by atoms with Gasteiger partial charge in [0, 0.05) is 0 Å². The van der Waals surface area contributed by atoms with Gasteiger partial charge in [0.25, 0.3) is 0 Å². The van der Waals surface area contributed by atoms with E-state index in [0.717, 1.165) is 0 Å². The van der Waals surface area contributed by atoms with Crippen molar-refractivity contribution in [2.45, 2.75) is 6.10 Å². The summed E-state index contributed by atoms with van der Waals surface area (Å²) in [6, 6.07) is 1.49. The third kappa shape index (κ3) is 4.74. The van der Waals surface area contributed by atoms with Crippen molar-refractivity contribution in [1.82, 2.24) is 0 Å². The first-order valence-electron chi connectivity index (χ1n) is 2.47. The average molecular weight is 142 g/mol. The summed E-state index contributed by atoms with van der Waals surface area (Å²) in [6.07, 6.45) is -0.573. The number of carbonyl (C=O) groups is 1. The topological polar surface area (TPSA) is 93.7 Å². The Hall–Kier alpha value is -1.41. The number of rotatable bonds is 3. The van der Waals surface area contributed by atoms with Crippen LogP contribution in [0.5, 0.6) is 0 Å². The number of hydrogen-bond donors (Lipinski definition) is 2. The average Bonchev–Trinajstić information content (AvgIpc) is 1.87. The van der Waals surface area contributed by atoms with Gasteiger partial charge >= 0.3 is 5.97 Å². The molecule has 1 atom stereocenters. The van der Waals surface area contributed by atoms with Gasteiger partial charge in [0.05, 0.1) is 12.6 Å². The molecule has 10 heavy (non-hydrogen) atoms. The van der Waals surface area contributed by atoms with Crippen LogP contribution in [0.2, 0.25) is 0 Å². The van der Waals surface area contributed by atoms with Gasteiger partial charge in [-0.25, -0.2) is 4.79 Å². The van der Waals surface area contributed by atoms with Crippen molar-refractivity contribution >= 4 is 12.2 Å². The van der Waals surface area contributed by atoms with Crippen LogP contribution in [-0.4, -0.2) is 35.0 Å². The minimum absolute atomic E-state index is 0.192. The molecule has 0 rings (SSSR count). The van der Waals surface area contributed by atoms with Crippen LogP contribution in [0.15, 0.2) is 4.99 Å². The first kappa shape index (κ1) is 8.59. The van der Waals surface area contributed by atoms with E-state index < -0.39 is 12.1 Å². The lowest BCUT2D eigenvalue weighted by Gasteiger charge is -1.91. The second-order valence-corrected chi connectivity index (χ2v) is 1.48. The third-order valence-electron chi connectivity index (χ3n) is 0.629. The molecule has 5 heteroatoms. The molecule has 5 nitrogen and oxygen atoms in total. The van der Waals surface area contributed by atoms with Crippen molar-refractivity contribution in [2.75, 3.05) is 6.54 Å². The molecule has 0 aliphatic rings. The summed E-state index contributed by atoms with van der Waals surface area (Å²) in [7, 11) is 0. The summed E-state index contributed by atoms with van der Waals surface area (Å²) in [5.74, 6) is -1.19. The lowest BCUT2D eigenvalue weighted by Crippen LogP contribution is -2.08. The summed E-state index contributed by atoms with van der Waals surface area (Å²) in [4.78, 5) is 13.0. The van der Waals surface area contributed by atoms with E-state index in [1.54, 1.807) is 0 Å². The van der Waals surface area contributed by atoms with Crippen LogP contribution in [0.3, 0.4) is 0 Å². The zero-order chi connectivity index (χ0) is 7.98. The number of aliphatic hydroxyl groups excluding tert-OH is 1. The van der Waals surface area contributed by atoms with E-state index in [-0.39, 0.29) is 6.54 Å². The number of aliphatic carboxylic acids is 1. The maximum Gasteiger partial charge on any atom is 0.346 e. The van der Waals surface area contributed by atoms with Crippen molar-refractivity contribution in [1.29, 1.82) is 5.26 Å². The molecule has 0 saturated heterocycles.